The summed E-state index contributed by atoms with van der Waals surface area (Å²) in [5, 5.41) is 0.451. The molecule has 2 unspecified atom stereocenters. The fraction of sp³-hybridized carbons (Fsp3) is 0.500. The number of para-hydroxylation sites is 1. The van der Waals surface area contributed by atoms with Gasteiger partial charge in [0.2, 0.25) is 0 Å². The van der Waals surface area contributed by atoms with Gasteiger partial charge in [0.05, 0.1) is 24.7 Å². The third-order valence-electron chi connectivity index (χ3n) is 4.20. The van der Waals surface area contributed by atoms with Crippen molar-refractivity contribution in [2.45, 2.75) is 17.8 Å². The van der Waals surface area contributed by atoms with Gasteiger partial charge in [-0.05, 0) is 6.07 Å². The van der Waals surface area contributed by atoms with E-state index < -0.39 is 9.84 Å². The Morgan fingerprint density at radius 3 is 2.80 bits per heavy atom. The van der Waals surface area contributed by atoms with Crippen molar-refractivity contribution in [3.05, 3.63) is 29.8 Å². The summed E-state index contributed by atoms with van der Waals surface area (Å²) >= 11 is 1.36. The van der Waals surface area contributed by atoms with Crippen molar-refractivity contribution in [1.82, 2.24) is 4.90 Å². The zero-order valence-corrected chi connectivity index (χ0v) is 15.7. The lowest BCUT2D eigenvalue weighted by Gasteiger charge is -2.25. The maximum atomic E-state index is 12.0. The molecule has 2 aliphatic rings. The van der Waals surface area contributed by atoms with Crippen LogP contribution < -0.4 is 4.74 Å². The predicted octanol–water partition coefficient (Wildman–Crippen LogP) is 0.939. The predicted molar refractivity (Wildman–Crippen MR) is 96.7 cm³/mol. The second kappa shape index (κ2) is 7.35. The second-order valence-electron chi connectivity index (χ2n) is 5.96. The van der Waals surface area contributed by atoms with Gasteiger partial charge in [-0.3, -0.25) is 4.79 Å². The van der Waals surface area contributed by atoms with E-state index in [9.17, 15) is 13.2 Å². The molecule has 1 aromatic rings. The second-order valence-corrected chi connectivity index (χ2v) is 9.32. The molecule has 0 aliphatic carbocycles. The molecule has 0 aromatic heterocycles. The van der Waals surface area contributed by atoms with Gasteiger partial charge in [-0.1, -0.05) is 30.0 Å². The van der Waals surface area contributed by atoms with Crippen molar-refractivity contribution >= 4 is 32.7 Å². The number of amides is 1. The average molecular weight is 384 g/mol. The van der Waals surface area contributed by atoms with Gasteiger partial charge in [0, 0.05) is 24.5 Å². The Kier molecular flexibility index (Phi) is 5.35. The van der Waals surface area contributed by atoms with E-state index in [0.29, 0.717) is 11.7 Å². The normalized spacial score (nSPS) is 26.0. The molecule has 2 aliphatic heterocycles. The van der Waals surface area contributed by atoms with Gasteiger partial charge in [-0.25, -0.2) is 8.42 Å². The van der Waals surface area contributed by atoms with Crippen LogP contribution in [0.5, 0.6) is 5.75 Å². The molecule has 0 saturated carbocycles. The molecule has 9 heteroatoms. The molecular weight excluding hydrogens is 364 g/mol. The van der Waals surface area contributed by atoms with E-state index in [4.69, 9.17) is 9.47 Å². The number of nitrogens with zero attached hydrogens (tertiary/aromatic N) is 2. The molecule has 3 rings (SSSR count). The number of amidine groups is 1. The molecule has 0 bridgehead atoms. The molecule has 2 saturated heterocycles. The largest absolute Gasteiger partial charge is 0.496 e. The first kappa shape index (κ1) is 18.2. The first-order valence-electron chi connectivity index (χ1n) is 7.79. The minimum Gasteiger partial charge on any atom is -0.496 e. The van der Waals surface area contributed by atoms with E-state index in [1.807, 2.05) is 29.2 Å². The number of benzene rings is 1. The van der Waals surface area contributed by atoms with Crippen LogP contribution in [0.2, 0.25) is 0 Å². The van der Waals surface area contributed by atoms with Crippen LogP contribution >= 0.6 is 11.8 Å². The molecule has 0 radical (unpaired) electrons. The smallest absolute Gasteiger partial charge is 0.274 e. The highest BCUT2D eigenvalue weighted by Gasteiger charge is 2.48. The SMILES string of the molecule is COCC(=O)N=C1SC2CS(=O)(=O)CC2N1Cc1ccccc1OC. The third kappa shape index (κ3) is 3.99. The van der Waals surface area contributed by atoms with Crippen LogP contribution in [0.3, 0.4) is 0 Å². The molecule has 1 aromatic carbocycles. The minimum atomic E-state index is -3.07. The maximum Gasteiger partial charge on any atom is 0.274 e. The van der Waals surface area contributed by atoms with Gasteiger partial charge in [0.15, 0.2) is 15.0 Å². The summed E-state index contributed by atoms with van der Waals surface area (Å²) < 4.78 is 34.2. The molecule has 7 nitrogen and oxygen atoms in total. The molecule has 136 valence electrons. The summed E-state index contributed by atoms with van der Waals surface area (Å²) in [6, 6.07) is 7.37. The van der Waals surface area contributed by atoms with Crippen molar-refractivity contribution in [2.75, 3.05) is 32.3 Å². The Bertz CT molecular complexity index is 793. The van der Waals surface area contributed by atoms with Gasteiger partial charge < -0.3 is 14.4 Å². The number of hydrogen-bond acceptors (Lipinski definition) is 6. The third-order valence-corrected chi connectivity index (χ3v) is 7.44. The van der Waals surface area contributed by atoms with Crippen molar-refractivity contribution in [3.8, 4) is 5.75 Å². The summed E-state index contributed by atoms with van der Waals surface area (Å²) in [7, 11) is -0.0338. The molecule has 25 heavy (non-hydrogen) atoms. The minimum absolute atomic E-state index is 0.0807. The number of aliphatic imine (C=N–C) groups is 1. The van der Waals surface area contributed by atoms with E-state index in [0.717, 1.165) is 11.3 Å². The number of rotatable bonds is 5. The number of methoxy groups -OCH3 is 2. The van der Waals surface area contributed by atoms with E-state index >= 15 is 0 Å². The molecule has 2 fully saturated rings. The lowest BCUT2D eigenvalue weighted by Crippen LogP contribution is -2.37. The number of sulfone groups is 1. The number of thioether (sulfide) groups is 1. The van der Waals surface area contributed by atoms with E-state index in [1.165, 1.54) is 18.9 Å². The maximum absolute atomic E-state index is 12.0. The Morgan fingerprint density at radius 1 is 1.32 bits per heavy atom. The van der Waals surface area contributed by atoms with Crippen LogP contribution in [0.15, 0.2) is 29.3 Å². The summed E-state index contributed by atoms with van der Waals surface area (Å²) in [6.45, 7) is 0.340. The summed E-state index contributed by atoms with van der Waals surface area (Å²) in [4.78, 5) is 17.9. The molecule has 0 spiro atoms. The van der Waals surface area contributed by atoms with Crippen molar-refractivity contribution in [2.24, 2.45) is 4.99 Å². The molecular formula is C16H20N2O5S2. The number of hydrogen-bond donors (Lipinski definition) is 0. The van der Waals surface area contributed by atoms with E-state index in [1.54, 1.807) is 7.11 Å². The highest BCUT2D eigenvalue weighted by atomic mass is 32.2. The quantitative estimate of drug-likeness (QED) is 0.747. The highest BCUT2D eigenvalue weighted by molar-refractivity contribution is 8.15. The van der Waals surface area contributed by atoms with E-state index in [-0.39, 0.29) is 35.3 Å². The summed E-state index contributed by atoms with van der Waals surface area (Å²) in [6.07, 6.45) is 0. The van der Waals surface area contributed by atoms with Crippen LogP contribution in [0.1, 0.15) is 5.56 Å². The zero-order valence-electron chi connectivity index (χ0n) is 14.0. The Morgan fingerprint density at radius 2 is 2.08 bits per heavy atom. The molecule has 2 heterocycles. The first-order chi connectivity index (χ1) is 11.9. The fourth-order valence-electron chi connectivity index (χ4n) is 3.10. The number of ether oxygens (including phenoxy) is 2. The lowest BCUT2D eigenvalue weighted by molar-refractivity contribution is -0.121. The monoisotopic (exact) mass is 384 g/mol. The lowest BCUT2D eigenvalue weighted by atomic mass is 10.1. The Balaban J connectivity index is 1.91. The molecule has 0 N–H and O–H groups in total. The van der Waals surface area contributed by atoms with Gasteiger partial charge in [-0.15, -0.1) is 0 Å². The number of fused-ring (bicyclic) bond motifs is 1. The van der Waals surface area contributed by atoms with Crippen molar-refractivity contribution in [1.29, 1.82) is 0 Å². The first-order valence-corrected chi connectivity index (χ1v) is 10.5. The summed E-state index contributed by atoms with van der Waals surface area (Å²) in [5.41, 5.74) is 0.919. The Hall–Kier alpha value is -1.58. The van der Waals surface area contributed by atoms with Crippen LogP contribution in [-0.2, 0) is 25.9 Å². The van der Waals surface area contributed by atoms with Crippen molar-refractivity contribution in [3.63, 3.8) is 0 Å². The van der Waals surface area contributed by atoms with Crippen LogP contribution in [0, 0.1) is 0 Å². The van der Waals surface area contributed by atoms with Gasteiger partial charge >= 0.3 is 0 Å². The van der Waals surface area contributed by atoms with Crippen LogP contribution in [0.25, 0.3) is 0 Å². The van der Waals surface area contributed by atoms with Gasteiger partial charge in [-0.2, -0.15) is 4.99 Å². The average Bonchev–Trinajstić information content (AvgIpc) is 3.01. The van der Waals surface area contributed by atoms with Gasteiger partial charge in [0.25, 0.3) is 5.91 Å². The topological polar surface area (TPSA) is 85.3 Å². The molecule has 2 atom stereocenters. The van der Waals surface area contributed by atoms with Gasteiger partial charge in [0.1, 0.15) is 12.4 Å². The molecule has 1 amide bonds. The summed E-state index contributed by atoms with van der Waals surface area (Å²) in [5.74, 6) is 0.539. The van der Waals surface area contributed by atoms with Crippen molar-refractivity contribution < 1.29 is 22.7 Å². The number of carbonyl (C=O) groups excluding carboxylic acids is 1. The number of carbonyl (C=O) groups is 1. The fourth-order valence-corrected chi connectivity index (χ4v) is 7.07. The highest BCUT2D eigenvalue weighted by Crippen LogP contribution is 2.39. The van der Waals surface area contributed by atoms with E-state index in [2.05, 4.69) is 4.99 Å². The van der Waals surface area contributed by atoms with Crippen LogP contribution in [-0.4, -0.2) is 68.0 Å². The zero-order chi connectivity index (χ0) is 18.0. The standard InChI is InChI=1S/C16H20N2O5S2/c1-22-8-15(19)17-16-18(7-11-5-3-4-6-13(11)23-2)12-9-25(20,21)10-14(12)24-16/h3-6,12,14H,7-10H2,1-2H3. The van der Waals surface area contributed by atoms with Crippen LogP contribution in [0.4, 0.5) is 0 Å². The Labute approximate surface area is 151 Å².